The van der Waals surface area contributed by atoms with Crippen molar-refractivity contribution >= 4 is 66.0 Å². The van der Waals surface area contributed by atoms with Gasteiger partial charge in [-0.3, -0.25) is 29.3 Å². The van der Waals surface area contributed by atoms with E-state index in [1.807, 2.05) is 6.07 Å². The molecule has 0 aliphatic rings. The Hall–Kier alpha value is -7.85. The van der Waals surface area contributed by atoms with Crippen molar-refractivity contribution < 1.29 is 61.2 Å². The molecule has 73 heavy (non-hydrogen) atoms. The number of benzene rings is 2. The zero-order chi connectivity index (χ0) is 51.6. The molecule has 5 aromatic heterocycles. The second kappa shape index (κ2) is 30.8. The van der Waals surface area contributed by atoms with Crippen LogP contribution in [0.25, 0.3) is 51.7 Å². The predicted molar refractivity (Wildman–Crippen MR) is 273 cm³/mol. The second-order valence-corrected chi connectivity index (χ2v) is 15.7. The van der Waals surface area contributed by atoms with Gasteiger partial charge in [0.05, 0.1) is 41.0 Å². The van der Waals surface area contributed by atoms with Crippen molar-refractivity contribution in [1.29, 1.82) is 0 Å². The van der Waals surface area contributed by atoms with Crippen LogP contribution in [0.1, 0.15) is 80.3 Å². The van der Waals surface area contributed by atoms with Crippen LogP contribution in [-0.4, -0.2) is 49.6 Å². The Bertz CT molecular complexity index is 2800. The summed E-state index contributed by atoms with van der Waals surface area (Å²) in [7, 11) is 0. The summed E-state index contributed by atoms with van der Waals surface area (Å²) >= 11 is 3.70. The van der Waals surface area contributed by atoms with E-state index in [2.05, 4.69) is 119 Å². The average molecular weight is 1100 g/mol. The van der Waals surface area contributed by atoms with E-state index in [1.165, 1.54) is 54.5 Å². The maximum absolute atomic E-state index is 13.1. The Morgan fingerprint density at radius 1 is 0.630 bits per heavy atom. The number of hydrogen-bond acceptors (Lipinski definition) is 13. The number of hydrogen-bond donors (Lipinski definition) is 0. The van der Waals surface area contributed by atoms with Gasteiger partial charge in [-0.1, -0.05) is 81.7 Å². The zero-order valence-electron chi connectivity index (χ0n) is 39.7. The quantitative estimate of drug-likeness (QED) is 0.0156. The molecule has 0 aliphatic heterocycles. The van der Waals surface area contributed by atoms with Crippen LogP contribution in [-0.2, 0) is 62.4 Å². The summed E-state index contributed by atoms with van der Waals surface area (Å²) in [5.41, 5.74) is 8.01. The van der Waals surface area contributed by atoms with Crippen LogP contribution in [0.2, 0.25) is 0 Å². The molecule has 0 N–H and O–H groups in total. The zero-order valence-corrected chi connectivity index (χ0v) is 42.2. The van der Waals surface area contributed by atoms with Gasteiger partial charge in [-0.05, 0) is 127 Å². The van der Waals surface area contributed by atoms with Crippen molar-refractivity contribution in [3.8, 4) is 39.9 Å². The molecule has 0 atom stereocenters. The number of ether oxygens (including phenoxy) is 3. The second-order valence-electron chi connectivity index (χ2n) is 15.5. The molecule has 2 aromatic carbocycles. The molecule has 7 rings (SSSR count). The van der Waals surface area contributed by atoms with Gasteiger partial charge in [0.2, 0.25) is 0 Å². The van der Waals surface area contributed by atoms with Crippen LogP contribution in [0.5, 0.6) is 5.75 Å². The molecule has 14 nitrogen and oxygen atoms in total. The maximum Gasteiger partial charge on any atom is 2.00 e. The summed E-state index contributed by atoms with van der Waals surface area (Å²) in [4.78, 5) is 51.0. The predicted octanol–water partition coefficient (Wildman–Crippen LogP) is 12.7. The third kappa shape index (κ3) is 18.4. The Morgan fingerprint density at radius 3 is 1.55 bits per heavy atom. The SMILES string of the molecule is CCCCCc1ccc(N(c2ccc(CCCCC)cc2)c2ccnc(-c3cc(C(F)(F)F)n[n-]3)c2)cc1.O=CO/C=C/c1ccnc(-c2cc(OC=O)cc(-c3cc(/C=C/OC=O)ccn3)n2)c1.[N-]=C=S.[Ru+2]. The molecule has 0 radical (unpaired) electrons. The van der Waals surface area contributed by atoms with E-state index in [1.54, 1.807) is 73.2 Å². The number of isothiocyanates is 1. The Balaban J connectivity index is 0.000000302. The standard InChI is InChI=1S/C31H34F3N4.C22H15N3O6.CNS.Ru/c1-3-5-7-9-23-11-15-25(16-12-23)38(26-17-13-24(14-18-26)10-8-6-4-2)27-19-20-35-28(21-27)29-22-30(37-36-29)31(32,33)34;26-13-29-7-3-16-1-5-23-19(9-16)21-11-18(31-15-28)12-22(25-21)20-10-17(2-6-24-20)4-8-30-14-27;2-1-3;/h11-22H,3-10H2,1-2H3;1-15H;;/q-1;;-1;+2/b;7-3+,8-4+;;. The van der Waals surface area contributed by atoms with E-state index in [9.17, 15) is 27.6 Å². The van der Waals surface area contributed by atoms with Crippen molar-refractivity contribution in [2.45, 2.75) is 71.4 Å². The van der Waals surface area contributed by atoms with Crippen molar-refractivity contribution in [3.05, 3.63) is 168 Å². The number of anilines is 3. The monoisotopic (exact) mass is 1100 g/mol. The minimum atomic E-state index is -4.55. The Morgan fingerprint density at radius 2 is 1.11 bits per heavy atom. The fraction of sp³-hybridized carbons (Fsp3) is 0.204. The first-order valence-electron chi connectivity index (χ1n) is 22.6. The van der Waals surface area contributed by atoms with Crippen LogP contribution in [0.15, 0.2) is 134 Å². The number of alkyl halides is 3. The summed E-state index contributed by atoms with van der Waals surface area (Å²) in [6, 6.07) is 31.6. The van der Waals surface area contributed by atoms with Gasteiger partial charge in [0.15, 0.2) is 0 Å². The minimum Gasteiger partial charge on any atom is -0.753 e. The summed E-state index contributed by atoms with van der Waals surface area (Å²) < 4.78 is 53.4. The smallest absolute Gasteiger partial charge is 0.753 e. The molecule has 0 unspecified atom stereocenters. The molecule has 7 aromatic rings. The van der Waals surface area contributed by atoms with Crippen molar-refractivity contribution in [1.82, 2.24) is 30.1 Å². The fourth-order valence-corrected chi connectivity index (χ4v) is 7.06. The van der Waals surface area contributed by atoms with Crippen LogP contribution >= 0.6 is 12.2 Å². The fourth-order valence-electron chi connectivity index (χ4n) is 7.06. The number of aryl methyl sites for hydroxylation is 2. The number of thiocarbonyl (C=S) groups is 1. The molecule has 0 spiro atoms. The summed E-state index contributed by atoms with van der Waals surface area (Å²) in [6.45, 7) is 5.34. The third-order valence-corrected chi connectivity index (χ3v) is 10.5. The molecule has 0 saturated heterocycles. The Labute approximate surface area is 439 Å². The van der Waals surface area contributed by atoms with Gasteiger partial charge in [-0.2, -0.15) is 18.3 Å². The molecule has 19 heteroatoms. The number of aromatic nitrogens is 6. The first kappa shape index (κ1) is 57.7. The summed E-state index contributed by atoms with van der Waals surface area (Å²) in [5.74, 6) is 0.258. The van der Waals surface area contributed by atoms with E-state index in [4.69, 9.17) is 10.1 Å². The molecule has 0 amide bonds. The van der Waals surface area contributed by atoms with Gasteiger partial charge >= 0.3 is 25.7 Å². The molecule has 0 fully saturated rings. The minimum absolute atomic E-state index is 0. The molecule has 0 aliphatic carbocycles. The number of rotatable bonds is 22. The first-order chi connectivity index (χ1) is 35.0. The number of nitrogens with zero attached hydrogens (tertiary/aromatic N) is 8. The number of pyridine rings is 4. The van der Waals surface area contributed by atoms with E-state index in [0.717, 1.165) is 59.9 Å². The molecule has 376 valence electrons. The molecular weight excluding hydrogens is 1050 g/mol. The van der Waals surface area contributed by atoms with Crippen molar-refractivity contribution in [2.24, 2.45) is 0 Å². The van der Waals surface area contributed by atoms with Crippen LogP contribution in [0, 0.1) is 0 Å². The molecule has 0 saturated carbocycles. The van der Waals surface area contributed by atoms with E-state index in [-0.39, 0.29) is 30.9 Å². The van der Waals surface area contributed by atoms with E-state index >= 15 is 0 Å². The van der Waals surface area contributed by atoms with Crippen molar-refractivity contribution in [2.75, 3.05) is 4.90 Å². The largest absolute Gasteiger partial charge is 2.00 e. The number of carbonyl (C=O) groups excluding carboxylic acids is 3. The van der Waals surface area contributed by atoms with Gasteiger partial charge in [0.1, 0.15) is 11.4 Å². The van der Waals surface area contributed by atoms with Gasteiger partial charge in [-0.25, -0.2) is 4.98 Å². The third-order valence-electron chi connectivity index (χ3n) is 10.5. The number of carbonyl (C=O) groups is 3. The number of unbranched alkanes of at least 4 members (excludes halogenated alkanes) is 4. The summed E-state index contributed by atoms with van der Waals surface area (Å²) in [6.07, 6.45) is 15.0. The molecular formula is C54H49F3N8O6RuS. The Kier molecular flexibility index (Phi) is 24.4. The van der Waals surface area contributed by atoms with Gasteiger partial charge in [0, 0.05) is 47.8 Å². The van der Waals surface area contributed by atoms with Crippen molar-refractivity contribution in [3.63, 3.8) is 0 Å². The average Bonchev–Trinajstić information content (AvgIpc) is 3.91. The maximum atomic E-state index is 13.1. The van der Waals surface area contributed by atoms with E-state index < -0.39 is 11.9 Å². The number of halogens is 3. The van der Waals surface area contributed by atoms with Crippen LogP contribution in [0.3, 0.4) is 0 Å². The van der Waals surface area contributed by atoms with Crippen LogP contribution < -0.4 is 14.7 Å². The van der Waals surface area contributed by atoms with Crippen LogP contribution in [0.4, 0.5) is 30.2 Å². The molecule has 5 heterocycles. The normalized spacial score (nSPS) is 10.7. The van der Waals surface area contributed by atoms with Gasteiger partial charge in [-0.15, -0.1) is 0 Å². The van der Waals surface area contributed by atoms with E-state index in [0.29, 0.717) is 47.9 Å². The first-order valence-corrected chi connectivity index (χ1v) is 23.0. The summed E-state index contributed by atoms with van der Waals surface area (Å²) in [5, 5.41) is 15.5. The molecule has 0 bridgehead atoms. The topological polar surface area (TPSA) is 183 Å². The van der Waals surface area contributed by atoms with Gasteiger partial charge < -0.3 is 34.7 Å². The van der Waals surface area contributed by atoms with Gasteiger partial charge in [0.25, 0.3) is 19.4 Å².